The molecule has 0 bridgehead atoms. The first-order chi connectivity index (χ1) is 8.78. The molecule has 1 heterocycles. The van der Waals surface area contributed by atoms with E-state index in [-0.39, 0.29) is 29.6 Å². The number of carbonyl (C=O) groups is 1. The normalized spacial score (nSPS) is 36.2. The molecule has 3 unspecified atom stereocenters. The van der Waals surface area contributed by atoms with Gasteiger partial charge in [0.25, 0.3) is 0 Å². The molecule has 4 nitrogen and oxygen atoms in total. The maximum Gasteiger partial charge on any atom is 0.169 e. The lowest BCUT2D eigenvalue weighted by Crippen LogP contribution is -2.43. The highest BCUT2D eigenvalue weighted by molar-refractivity contribution is 6.01. The Hall–Kier alpha value is -1.13. The highest BCUT2D eigenvalue weighted by atomic mass is 16.4. The molecule has 0 spiro atoms. The van der Waals surface area contributed by atoms with E-state index in [1.165, 1.54) is 6.26 Å². The fourth-order valence-corrected chi connectivity index (χ4v) is 4.06. The summed E-state index contributed by atoms with van der Waals surface area (Å²) in [6.45, 7) is 5.72. The van der Waals surface area contributed by atoms with Crippen LogP contribution < -0.4 is 0 Å². The minimum absolute atomic E-state index is 0.0561. The van der Waals surface area contributed by atoms with Gasteiger partial charge < -0.3 is 14.6 Å². The largest absolute Gasteiger partial charge is 0.466 e. The van der Waals surface area contributed by atoms with Crippen molar-refractivity contribution in [2.45, 2.75) is 45.8 Å². The van der Waals surface area contributed by atoms with Crippen molar-refractivity contribution in [1.82, 2.24) is 0 Å². The lowest BCUT2D eigenvalue weighted by Gasteiger charge is -2.38. The Labute approximate surface area is 112 Å². The van der Waals surface area contributed by atoms with Gasteiger partial charge in [-0.25, -0.2) is 0 Å². The van der Waals surface area contributed by atoms with E-state index in [1.54, 1.807) is 6.92 Å². The monoisotopic (exact) mass is 264 g/mol. The quantitative estimate of drug-likeness (QED) is 0.816. The van der Waals surface area contributed by atoms with Gasteiger partial charge in [0, 0.05) is 17.4 Å². The Morgan fingerprint density at radius 2 is 2.05 bits per heavy atom. The standard InChI is InChI=1S/C15H20O4/c1-14(2)4-8-10(5-14)15(3,18)12-9(13(8)17)7-19-11(12)6-16/h7-8,10,16,18H,4-6H2,1-3H3. The van der Waals surface area contributed by atoms with Gasteiger partial charge in [-0.05, 0) is 25.2 Å². The average Bonchev–Trinajstić information content (AvgIpc) is 2.88. The van der Waals surface area contributed by atoms with Crippen molar-refractivity contribution in [2.24, 2.45) is 17.3 Å². The molecule has 3 atom stereocenters. The summed E-state index contributed by atoms with van der Waals surface area (Å²) in [5, 5.41) is 20.3. The Kier molecular flexibility index (Phi) is 2.51. The molecule has 1 fully saturated rings. The van der Waals surface area contributed by atoms with Crippen LogP contribution >= 0.6 is 0 Å². The topological polar surface area (TPSA) is 70.7 Å². The maximum absolute atomic E-state index is 12.6. The van der Waals surface area contributed by atoms with E-state index in [0.717, 1.165) is 12.8 Å². The molecule has 104 valence electrons. The van der Waals surface area contributed by atoms with Crippen molar-refractivity contribution in [3.8, 4) is 0 Å². The molecule has 0 aromatic carbocycles. The minimum Gasteiger partial charge on any atom is -0.466 e. The van der Waals surface area contributed by atoms with Crippen LogP contribution in [0.15, 0.2) is 10.7 Å². The van der Waals surface area contributed by atoms with E-state index in [9.17, 15) is 15.0 Å². The number of furan rings is 1. The molecule has 1 saturated carbocycles. The Balaban J connectivity index is 2.16. The molecule has 1 aromatic heterocycles. The first kappa shape index (κ1) is 12.9. The van der Waals surface area contributed by atoms with Gasteiger partial charge in [0.05, 0.1) is 11.2 Å². The molecule has 1 aromatic rings. The molecule has 0 amide bonds. The summed E-state index contributed by atoms with van der Waals surface area (Å²) in [6, 6.07) is 0. The second kappa shape index (κ2) is 3.70. The lowest BCUT2D eigenvalue weighted by molar-refractivity contribution is -0.0297. The summed E-state index contributed by atoms with van der Waals surface area (Å²) >= 11 is 0. The summed E-state index contributed by atoms with van der Waals surface area (Å²) in [5.74, 6) is 0.143. The number of ketones is 1. The van der Waals surface area contributed by atoms with Crippen LogP contribution in [0, 0.1) is 17.3 Å². The number of hydrogen-bond acceptors (Lipinski definition) is 4. The second-order valence-electron chi connectivity index (χ2n) is 6.90. The van der Waals surface area contributed by atoms with Crippen LogP contribution in [0.4, 0.5) is 0 Å². The number of carbonyl (C=O) groups excluding carboxylic acids is 1. The number of aliphatic hydroxyl groups excluding tert-OH is 1. The third-order valence-electron chi connectivity index (χ3n) is 4.87. The summed E-state index contributed by atoms with van der Waals surface area (Å²) in [4.78, 5) is 12.6. The molecule has 0 saturated heterocycles. The predicted octanol–water partition coefficient (Wildman–Crippen LogP) is 2.23. The predicted molar refractivity (Wildman–Crippen MR) is 68.5 cm³/mol. The molecular formula is C15H20O4. The van der Waals surface area contributed by atoms with Crippen molar-refractivity contribution < 1.29 is 19.4 Å². The van der Waals surface area contributed by atoms with Gasteiger partial charge in [-0.15, -0.1) is 0 Å². The molecule has 2 aliphatic carbocycles. The van der Waals surface area contributed by atoms with Crippen LogP contribution in [0.3, 0.4) is 0 Å². The number of fused-ring (bicyclic) bond motifs is 2. The summed E-state index contributed by atoms with van der Waals surface area (Å²) in [7, 11) is 0. The number of Topliss-reactive ketones (excluding diaryl/α,β-unsaturated/α-hetero) is 1. The van der Waals surface area contributed by atoms with E-state index >= 15 is 0 Å². The zero-order chi connectivity index (χ0) is 14.0. The molecule has 2 N–H and O–H groups in total. The Bertz CT molecular complexity index is 538. The highest BCUT2D eigenvalue weighted by Crippen LogP contribution is 2.57. The molecular weight excluding hydrogens is 244 g/mol. The fourth-order valence-electron chi connectivity index (χ4n) is 4.06. The van der Waals surface area contributed by atoms with Gasteiger partial charge in [-0.1, -0.05) is 13.8 Å². The molecule has 19 heavy (non-hydrogen) atoms. The van der Waals surface area contributed by atoms with Crippen molar-refractivity contribution in [1.29, 1.82) is 0 Å². The molecule has 4 heteroatoms. The van der Waals surface area contributed by atoms with Gasteiger partial charge in [0.1, 0.15) is 18.6 Å². The number of hydrogen-bond donors (Lipinski definition) is 2. The van der Waals surface area contributed by atoms with E-state index in [1.807, 2.05) is 0 Å². The summed E-state index contributed by atoms with van der Waals surface area (Å²) < 4.78 is 5.26. The van der Waals surface area contributed by atoms with Crippen molar-refractivity contribution in [3.05, 3.63) is 23.2 Å². The molecule has 0 aliphatic heterocycles. The van der Waals surface area contributed by atoms with Crippen LogP contribution in [0.2, 0.25) is 0 Å². The Morgan fingerprint density at radius 1 is 1.37 bits per heavy atom. The Morgan fingerprint density at radius 3 is 2.68 bits per heavy atom. The number of aliphatic hydroxyl groups is 2. The minimum atomic E-state index is -1.10. The first-order valence-corrected chi connectivity index (χ1v) is 6.76. The van der Waals surface area contributed by atoms with Gasteiger partial charge in [-0.3, -0.25) is 4.79 Å². The average molecular weight is 264 g/mol. The maximum atomic E-state index is 12.6. The summed E-state index contributed by atoms with van der Waals surface area (Å²) in [5.41, 5.74) is -0.0891. The third-order valence-corrected chi connectivity index (χ3v) is 4.87. The van der Waals surface area contributed by atoms with E-state index in [4.69, 9.17) is 4.42 Å². The van der Waals surface area contributed by atoms with Gasteiger partial charge in [0.15, 0.2) is 5.78 Å². The molecule has 3 rings (SSSR count). The van der Waals surface area contributed by atoms with Crippen LogP contribution in [0.1, 0.15) is 55.3 Å². The van der Waals surface area contributed by atoms with Crippen LogP contribution in [0.25, 0.3) is 0 Å². The van der Waals surface area contributed by atoms with Crippen LogP contribution in [-0.4, -0.2) is 16.0 Å². The van der Waals surface area contributed by atoms with E-state index in [2.05, 4.69) is 13.8 Å². The zero-order valence-corrected chi connectivity index (χ0v) is 11.6. The fraction of sp³-hybridized carbons (Fsp3) is 0.667. The smallest absolute Gasteiger partial charge is 0.169 e. The van der Waals surface area contributed by atoms with Crippen molar-refractivity contribution in [2.75, 3.05) is 0 Å². The SMILES string of the molecule is CC1(C)CC2C(=O)c3coc(CO)c3C(C)(O)C2C1. The lowest BCUT2D eigenvalue weighted by atomic mass is 9.68. The molecule has 2 aliphatic rings. The highest BCUT2D eigenvalue weighted by Gasteiger charge is 2.56. The van der Waals surface area contributed by atoms with E-state index in [0.29, 0.717) is 16.9 Å². The third kappa shape index (κ3) is 1.63. The zero-order valence-electron chi connectivity index (χ0n) is 11.6. The first-order valence-electron chi connectivity index (χ1n) is 6.76. The van der Waals surface area contributed by atoms with Gasteiger partial charge in [0.2, 0.25) is 0 Å². The van der Waals surface area contributed by atoms with Crippen LogP contribution in [0.5, 0.6) is 0 Å². The van der Waals surface area contributed by atoms with Crippen LogP contribution in [-0.2, 0) is 12.2 Å². The molecule has 0 radical (unpaired) electrons. The summed E-state index contributed by atoms with van der Waals surface area (Å²) in [6.07, 6.45) is 3.00. The second-order valence-corrected chi connectivity index (χ2v) is 6.90. The van der Waals surface area contributed by atoms with E-state index < -0.39 is 5.60 Å². The van der Waals surface area contributed by atoms with Gasteiger partial charge >= 0.3 is 0 Å². The number of rotatable bonds is 1. The van der Waals surface area contributed by atoms with Gasteiger partial charge in [-0.2, -0.15) is 0 Å². The van der Waals surface area contributed by atoms with Crippen molar-refractivity contribution >= 4 is 5.78 Å². The van der Waals surface area contributed by atoms with Crippen molar-refractivity contribution in [3.63, 3.8) is 0 Å².